The number of nitrogens with zero attached hydrogens (tertiary/aromatic N) is 1. The van der Waals surface area contributed by atoms with Gasteiger partial charge >= 0.3 is 0 Å². The molecule has 1 N–H and O–H groups in total. The predicted octanol–water partition coefficient (Wildman–Crippen LogP) is 5.08. The van der Waals surface area contributed by atoms with Gasteiger partial charge in [-0.05, 0) is 43.7 Å². The van der Waals surface area contributed by atoms with E-state index in [1.165, 1.54) is 33.3 Å². The molecule has 0 amide bonds. The van der Waals surface area contributed by atoms with Crippen molar-refractivity contribution in [3.05, 3.63) is 44.9 Å². The van der Waals surface area contributed by atoms with Crippen LogP contribution in [0, 0.1) is 0 Å². The van der Waals surface area contributed by atoms with Crippen LogP contribution in [0.5, 0.6) is 0 Å². The topological polar surface area (TPSA) is 24.9 Å². The Balaban J connectivity index is 1.65. The fourth-order valence-corrected chi connectivity index (χ4v) is 4.33. The van der Waals surface area contributed by atoms with Gasteiger partial charge in [0, 0.05) is 27.3 Å². The molecule has 0 saturated heterocycles. The first-order valence-corrected chi connectivity index (χ1v) is 9.52. The monoisotopic (exact) mass is 338 g/mol. The molecule has 0 bridgehead atoms. The standard InChI is InChI=1S/C16H19ClN2S2/c1-2-18-9-14-16(11-3-4-11)19-15(21-14)10-20-13-7-5-12(17)6-8-13/h5-8,11,18H,2-4,9-10H2,1H3. The van der Waals surface area contributed by atoms with Crippen molar-refractivity contribution in [2.24, 2.45) is 0 Å². The summed E-state index contributed by atoms with van der Waals surface area (Å²) in [5.41, 5.74) is 1.35. The van der Waals surface area contributed by atoms with Crippen LogP contribution in [-0.4, -0.2) is 11.5 Å². The average molecular weight is 339 g/mol. The molecule has 5 heteroatoms. The lowest BCUT2D eigenvalue weighted by atomic mass is 10.2. The number of thioether (sulfide) groups is 1. The Morgan fingerprint density at radius 2 is 2.10 bits per heavy atom. The van der Waals surface area contributed by atoms with Crippen molar-refractivity contribution in [1.82, 2.24) is 10.3 Å². The zero-order valence-corrected chi connectivity index (χ0v) is 14.5. The molecule has 2 aromatic rings. The number of hydrogen-bond acceptors (Lipinski definition) is 4. The number of rotatable bonds is 7. The van der Waals surface area contributed by atoms with Crippen LogP contribution in [0.4, 0.5) is 0 Å². The Kier molecular flexibility index (Phi) is 5.22. The highest BCUT2D eigenvalue weighted by molar-refractivity contribution is 7.98. The molecule has 1 aliphatic carbocycles. The van der Waals surface area contributed by atoms with Crippen LogP contribution in [0.25, 0.3) is 0 Å². The van der Waals surface area contributed by atoms with Crippen LogP contribution >= 0.6 is 34.7 Å². The van der Waals surface area contributed by atoms with Crippen LogP contribution in [0.2, 0.25) is 5.02 Å². The fraction of sp³-hybridized carbons (Fsp3) is 0.438. The molecular weight excluding hydrogens is 320 g/mol. The van der Waals surface area contributed by atoms with Crippen molar-refractivity contribution in [1.29, 1.82) is 0 Å². The van der Waals surface area contributed by atoms with Crippen molar-refractivity contribution in [3.8, 4) is 0 Å². The first-order chi connectivity index (χ1) is 10.3. The van der Waals surface area contributed by atoms with Crippen molar-refractivity contribution >= 4 is 34.7 Å². The SMILES string of the molecule is CCNCc1sc(CSc2ccc(Cl)cc2)nc1C1CC1. The summed E-state index contributed by atoms with van der Waals surface area (Å²) in [5, 5.41) is 5.46. The van der Waals surface area contributed by atoms with E-state index in [4.69, 9.17) is 16.6 Å². The van der Waals surface area contributed by atoms with Gasteiger partial charge in [0.15, 0.2) is 0 Å². The molecular formula is C16H19ClN2S2. The number of hydrogen-bond donors (Lipinski definition) is 1. The van der Waals surface area contributed by atoms with Gasteiger partial charge in [-0.25, -0.2) is 4.98 Å². The maximum atomic E-state index is 5.92. The smallest absolute Gasteiger partial charge is 0.103 e. The number of aromatic nitrogens is 1. The minimum absolute atomic E-state index is 0.726. The summed E-state index contributed by atoms with van der Waals surface area (Å²) in [6, 6.07) is 8.03. The Bertz CT molecular complexity index is 591. The highest BCUT2D eigenvalue weighted by Crippen LogP contribution is 2.43. The van der Waals surface area contributed by atoms with Gasteiger partial charge in [-0.3, -0.25) is 0 Å². The van der Waals surface area contributed by atoms with Gasteiger partial charge in [-0.1, -0.05) is 18.5 Å². The maximum Gasteiger partial charge on any atom is 0.103 e. The van der Waals surface area contributed by atoms with E-state index in [-0.39, 0.29) is 0 Å². The molecule has 1 saturated carbocycles. The highest BCUT2D eigenvalue weighted by atomic mass is 35.5. The van der Waals surface area contributed by atoms with Crippen LogP contribution < -0.4 is 5.32 Å². The van der Waals surface area contributed by atoms with Gasteiger partial charge in [0.2, 0.25) is 0 Å². The largest absolute Gasteiger partial charge is 0.312 e. The zero-order valence-electron chi connectivity index (χ0n) is 12.1. The summed E-state index contributed by atoms with van der Waals surface area (Å²) in [6.45, 7) is 4.12. The van der Waals surface area contributed by atoms with E-state index in [0.29, 0.717) is 0 Å². The molecule has 1 aromatic heterocycles. The zero-order chi connectivity index (χ0) is 14.7. The van der Waals surface area contributed by atoms with Gasteiger partial charge in [-0.2, -0.15) is 0 Å². The third-order valence-corrected chi connectivity index (χ3v) is 5.98. The van der Waals surface area contributed by atoms with Crippen molar-refractivity contribution in [2.75, 3.05) is 6.54 Å². The molecule has 0 spiro atoms. The molecule has 0 atom stereocenters. The molecule has 3 rings (SSSR count). The minimum Gasteiger partial charge on any atom is -0.312 e. The second kappa shape index (κ2) is 7.14. The molecule has 0 aliphatic heterocycles. The van der Waals surface area contributed by atoms with Crippen LogP contribution in [0.15, 0.2) is 29.2 Å². The fourth-order valence-electron chi connectivity index (χ4n) is 2.19. The molecule has 1 aliphatic rings. The van der Waals surface area contributed by atoms with E-state index in [1.54, 1.807) is 0 Å². The molecule has 1 fully saturated rings. The second-order valence-electron chi connectivity index (χ2n) is 5.21. The number of benzene rings is 1. The van der Waals surface area contributed by atoms with E-state index in [2.05, 4.69) is 24.4 Å². The second-order valence-corrected chi connectivity index (χ2v) is 7.87. The van der Waals surface area contributed by atoms with E-state index in [9.17, 15) is 0 Å². The first-order valence-electron chi connectivity index (χ1n) is 7.34. The van der Waals surface area contributed by atoms with E-state index >= 15 is 0 Å². The van der Waals surface area contributed by atoms with Crippen LogP contribution in [-0.2, 0) is 12.3 Å². The number of halogens is 1. The molecule has 1 aromatic carbocycles. The van der Waals surface area contributed by atoms with E-state index in [0.717, 1.165) is 29.8 Å². The highest BCUT2D eigenvalue weighted by Gasteiger charge is 2.29. The van der Waals surface area contributed by atoms with Gasteiger partial charge in [-0.15, -0.1) is 23.1 Å². The molecule has 21 heavy (non-hydrogen) atoms. The first kappa shape index (κ1) is 15.3. The molecule has 0 unspecified atom stereocenters. The predicted molar refractivity (Wildman–Crippen MR) is 92.5 cm³/mol. The lowest BCUT2D eigenvalue weighted by Crippen LogP contribution is -2.11. The number of thiazole rings is 1. The van der Waals surface area contributed by atoms with Crippen LogP contribution in [0.3, 0.4) is 0 Å². The Morgan fingerprint density at radius 3 is 2.76 bits per heavy atom. The Labute approximate surface area is 139 Å². The Morgan fingerprint density at radius 1 is 1.33 bits per heavy atom. The molecule has 112 valence electrons. The van der Waals surface area contributed by atoms with E-state index in [1.807, 2.05) is 35.2 Å². The summed E-state index contributed by atoms with van der Waals surface area (Å²) in [6.07, 6.45) is 2.62. The van der Waals surface area contributed by atoms with Crippen LogP contribution in [0.1, 0.15) is 41.3 Å². The van der Waals surface area contributed by atoms with Crippen molar-refractivity contribution < 1.29 is 0 Å². The van der Waals surface area contributed by atoms with Gasteiger partial charge in [0.1, 0.15) is 5.01 Å². The Hall–Kier alpha value is -0.550. The maximum absolute atomic E-state index is 5.92. The van der Waals surface area contributed by atoms with Gasteiger partial charge < -0.3 is 5.32 Å². The number of nitrogens with one attached hydrogen (secondary N) is 1. The summed E-state index contributed by atoms with van der Waals surface area (Å²) in [4.78, 5) is 7.57. The lowest BCUT2D eigenvalue weighted by molar-refractivity contribution is 0.726. The van der Waals surface area contributed by atoms with Gasteiger partial charge in [0.25, 0.3) is 0 Å². The van der Waals surface area contributed by atoms with Gasteiger partial charge in [0.05, 0.1) is 11.4 Å². The molecule has 0 radical (unpaired) electrons. The third kappa shape index (κ3) is 4.22. The van der Waals surface area contributed by atoms with Crippen molar-refractivity contribution in [2.45, 2.75) is 42.9 Å². The molecule has 1 heterocycles. The summed E-state index contributed by atoms with van der Waals surface area (Å²) < 4.78 is 0. The summed E-state index contributed by atoms with van der Waals surface area (Å²) >= 11 is 9.62. The van der Waals surface area contributed by atoms with E-state index < -0.39 is 0 Å². The normalized spacial score (nSPS) is 14.6. The summed E-state index contributed by atoms with van der Waals surface area (Å²) in [5.74, 6) is 1.67. The average Bonchev–Trinajstić information content (AvgIpc) is 3.26. The third-order valence-electron chi connectivity index (χ3n) is 3.45. The molecule has 2 nitrogen and oxygen atoms in total. The lowest BCUT2D eigenvalue weighted by Gasteiger charge is -2.00. The minimum atomic E-state index is 0.726. The quantitative estimate of drug-likeness (QED) is 0.713. The van der Waals surface area contributed by atoms with Crippen molar-refractivity contribution in [3.63, 3.8) is 0 Å². The summed E-state index contributed by atoms with van der Waals surface area (Å²) in [7, 11) is 0.